The van der Waals surface area contributed by atoms with Crippen molar-refractivity contribution < 1.29 is 24.0 Å². The Bertz CT molecular complexity index is 518. The lowest BCUT2D eigenvalue weighted by molar-refractivity contribution is -0.393. The highest BCUT2D eigenvalue weighted by atomic mass is 17.3. The number of esters is 1. The maximum Gasteiger partial charge on any atom is 0.306 e. The number of hydrogen-bond donors (Lipinski definition) is 0. The summed E-state index contributed by atoms with van der Waals surface area (Å²) in [5, 5.41) is 0. The van der Waals surface area contributed by atoms with Gasteiger partial charge in [0, 0.05) is 24.2 Å². The number of ether oxygens (including phenoxy) is 2. The summed E-state index contributed by atoms with van der Waals surface area (Å²) in [6.45, 7) is 2.28. The lowest BCUT2D eigenvalue weighted by Crippen LogP contribution is -2.59. The van der Waals surface area contributed by atoms with Crippen molar-refractivity contribution in [1.29, 1.82) is 0 Å². The first-order valence-corrected chi connectivity index (χ1v) is 10.4. The van der Waals surface area contributed by atoms with Crippen LogP contribution in [0.1, 0.15) is 71.1 Å². The molecular formula is C20H30O5. The molecule has 0 aromatic heterocycles. The van der Waals surface area contributed by atoms with Crippen LogP contribution in [0.15, 0.2) is 0 Å². The number of carbonyl (C=O) groups is 1. The Kier molecular flexibility index (Phi) is 3.92. The van der Waals surface area contributed by atoms with Crippen LogP contribution in [0.25, 0.3) is 0 Å². The van der Waals surface area contributed by atoms with Crippen LogP contribution in [0.5, 0.6) is 0 Å². The average Bonchev–Trinajstić information content (AvgIpc) is 2.96. The van der Waals surface area contributed by atoms with E-state index in [-0.39, 0.29) is 11.9 Å². The van der Waals surface area contributed by atoms with Crippen LogP contribution in [-0.4, -0.2) is 24.2 Å². The minimum Gasteiger partial charge on any atom is -0.466 e. The molecule has 140 valence electrons. The third-order valence-corrected chi connectivity index (χ3v) is 7.59. The average molecular weight is 350 g/mol. The van der Waals surface area contributed by atoms with E-state index in [1.165, 1.54) is 32.1 Å². The molecule has 5 nitrogen and oxygen atoms in total. The van der Waals surface area contributed by atoms with Crippen LogP contribution in [0, 0.1) is 29.6 Å². The van der Waals surface area contributed by atoms with E-state index in [1.54, 1.807) is 0 Å². The van der Waals surface area contributed by atoms with Crippen molar-refractivity contribution in [3.8, 4) is 0 Å². The summed E-state index contributed by atoms with van der Waals surface area (Å²) in [7, 11) is 0. The smallest absolute Gasteiger partial charge is 0.306 e. The number of hydrogen-bond acceptors (Lipinski definition) is 5. The van der Waals surface area contributed by atoms with Gasteiger partial charge in [-0.15, -0.1) is 0 Å². The largest absolute Gasteiger partial charge is 0.466 e. The van der Waals surface area contributed by atoms with E-state index in [1.807, 2.05) is 6.92 Å². The first-order chi connectivity index (χ1) is 12.1. The quantitative estimate of drug-likeness (QED) is 0.570. The Morgan fingerprint density at radius 2 is 1.76 bits per heavy atom. The van der Waals surface area contributed by atoms with Gasteiger partial charge in [-0.05, 0) is 63.7 Å². The Labute approximate surface area is 149 Å². The Balaban J connectivity index is 1.38. The van der Waals surface area contributed by atoms with E-state index >= 15 is 0 Å². The Hall–Kier alpha value is -0.650. The van der Waals surface area contributed by atoms with Gasteiger partial charge in [0.05, 0.1) is 13.0 Å². The number of rotatable bonds is 3. The molecule has 6 fully saturated rings. The predicted molar refractivity (Wildman–Crippen MR) is 89.0 cm³/mol. The molecule has 1 heterocycles. The van der Waals surface area contributed by atoms with Gasteiger partial charge in [0.2, 0.25) is 11.6 Å². The van der Waals surface area contributed by atoms with Gasteiger partial charge < -0.3 is 9.47 Å². The van der Waals surface area contributed by atoms with Crippen molar-refractivity contribution in [2.24, 2.45) is 29.6 Å². The van der Waals surface area contributed by atoms with Crippen molar-refractivity contribution >= 4 is 5.97 Å². The highest BCUT2D eigenvalue weighted by Gasteiger charge is 2.68. The molecular weight excluding hydrogens is 320 g/mol. The standard InChI is InChI=1S/C20H30O5/c1-2-22-18(21)12-15-5-3-4-6-19(15)23-20(25-24-19)16-8-13-7-14(10-16)11-17(20)9-13/h13-17H,2-12H2,1H3/t13?,14?,15-,16?,17?,19-,20?/m1/s1. The zero-order valence-electron chi connectivity index (χ0n) is 15.2. The summed E-state index contributed by atoms with van der Waals surface area (Å²) < 4.78 is 12.0. The fraction of sp³-hybridized carbons (Fsp3) is 0.950. The molecule has 25 heavy (non-hydrogen) atoms. The molecule has 0 aromatic carbocycles. The van der Waals surface area contributed by atoms with Crippen molar-refractivity contribution in [3.05, 3.63) is 0 Å². The molecule has 6 aliphatic rings. The van der Waals surface area contributed by atoms with Gasteiger partial charge in [-0.3, -0.25) is 4.79 Å². The molecule has 0 aromatic rings. The molecule has 4 bridgehead atoms. The molecule has 5 aliphatic carbocycles. The molecule has 6 rings (SSSR count). The van der Waals surface area contributed by atoms with Gasteiger partial charge in [0.1, 0.15) is 0 Å². The lowest BCUT2D eigenvalue weighted by Gasteiger charge is -2.57. The highest BCUT2D eigenvalue weighted by molar-refractivity contribution is 5.69. The molecule has 5 heteroatoms. The molecule has 0 N–H and O–H groups in total. The van der Waals surface area contributed by atoms with Crippen LogP contribution in [-0.2, 0) is 24.0 Å². The summed E-state index contributed by atoms with van der Waals surface area (Å²) >= 11 is 0. The third-order valence-electron chi connectivity index (χ3n) is 7.59. The maximum absolute atomic E-state index is 12.1. The molecule has 0 unspecified atom stereocenters. The normalized spacial score (nSPS) is 50.7. The van der Waals surface area contributed by atoms with E-state index in [0.29, 0.717) is 24.9 Å². The van der Waals surface area contributed by atoms with Crippen LogP contribution in [0.3, 0.4) is 0 Å². The molecule has 0 amide bonds. The monoisotopic (exact) mass is 350 g/mol. The van der Waals surface area contributed by atoms with Crippen LogP contribution in [0.2, 0.25) is 0 Å². The van der Waals surface area contributed by atoms with Crippen molar-refractivity contribution in [2.75, 3.05) is 6.61 Å². The first kappa shape index (κ1) is 16.5. The predicted octanol–water partition coefficient (Wildman–Crippen LogP) is 3.96. The summed E-state index contributed by atoms with van der Waals surface area (Å²) in [6, 6.07) is 0. The van der Waals surface area contributed by atoms with Crippen molar-refractivity contribution in [1.82, 2.24) is 0 Å². The molecule has 5 saturated carbocycles. The van der Waals surface area contributed by atoms with Crippen LogP contribution >= 0.6 is 0 Å². The second-order valence-electron chi connectivity index (χ2n) is 9.06. The second kappa shape index (κ2) is 5.93. The fourth-order valence-corrected chi connectivity index (χ4v) is 6.69. The van der Waals surface area contributed by atoms with E-state index in [0.717, 1.165) is 37.5 Å². The third kappa shape index (κ3) is 2.49. The Morgan fingerprint density at radius 3 is 2.44 bits per heavy atom. The zero-order chi connectivity index (χ0) is 17.1. The van der Waals surface area contributed by atoms with Crippen molar-refractivity contribution in [3.63, 3.8) is 0 Å². The second-order valence-corrected chi connectivity index (χ2v) is 9.06. The molecule has 2 atom stereocenters. The fourth-order valence-electron chi connectivity index (χ4n) is 6.69. The minimum atomic E-state index is -0.736. The minimum absolute atomic E-state index is 0.0388. The summed E-state index contributed by atoms with van der Waals surface area (Å²) in [6.07, 6.45) is 10.6. The van der Waals surface area contributed by atoms with Gasteiger partial charge >= 0.3 is 5.97 Å². The highest BCUT2D eigenvalue weighted by Crippen LogP contribution is 2.64. The molecule has 1 saturated heterocycles. The van der Waals surface area contributed by atoms with Crippen LogP contribution < -0.4 is 0 Å². The van der Waals surface area contributed by atoms with Crippen LogP contribution in [0.4, 0.5) is 0 Å². The molecule has 0 radical (unpaired) electrons. The maximum atomic E-state index is 12.1. The SMILES string of the molecule is CCOC(=O)C[C@H]1CCCC[C@@]12OOC1(O2)C2CC3CC(C2)CC1C3. The van der Waals surface area contributed by atoms with E-state index < -0.39 is 11.6 Å². The van der Waals surface area contributed by atoms with Gasteiger partial charge in [0.25, 0.3) is 0 Å². The summed E-state index contributed by atoms with van der Waals surface area (Å²) in [4.78, 5) is 24.2. The van der Waals surface area contributed by atoms with Gasteiger partial charge in [-0.1, -0.05) is 6.42 Å². The summed E-state index contributed by atoms with van der Waals surface area (Å²) in [5.41, 5.74) is 0. The van der Waals surface area contributed by atoms with E-state index in [2.05, 4.69) is 0 Å². The first-order valence-electron chi connectivity index (χ1n) is 10.4. The van der Waals surface area contributed by atoms with Gasteiger partial charge in [-0.2, -0.15) is 9.78 Å². The summed E-state index contributed by atoms with van der Waals surface area (Å²) in [5.74, 6) is 1.26. The van der Waals surface area contributed by atoms with E-state index in [4.69, 9.17) is 19.2 Å². The lowest BCUT2D eigenvalue weighted by atomic mass is 9.53. The Morgan fingerprint density at radius 1 is 1.04 bits per heavy atom. The van der Waals surface area contributed by atoms with Gasteiger partial charge in [0.15, 0.2) is 0 Å². The zero-order valence-corrected chi connectivity index (χ0v) is 15.2. The molecule has 2 spiro atoms. The van der Waals surface area contributed by atoms with Gasteiger partial charge in [-0.25, -0.2) is 0 Å². The van der Waals surface area contributed by atoms with E-state index in [9.17, 15) is 4.79 Å². The molecule has 1 aliphatic heterocycles. The topological polar surface area (TPSA) is 54.0 Å². The van der Waals surface area contributed by atoms with Crippen molar-refractivity contribution in [2.45, 2.75) is 82.7 Å². The number of carbonyl (C=O) groups excluding carboxylic acids is 1.